The molecule has 0 unspecified atom stereocenters. The van der Waals surface area contributed by atoms with Gasteiger partial charge in [0.15, 0.2) is 0 Å². The lowest BCUT2D eigenvalue weighted by atomic mass is 10.2. The van der Waals surface area contributed by atoms with Crippen LogP contribution in [0.4, 0.5) is 21.0 Å². The number of hydrogen-bond donors (Lipinski definition) is 4. The summed E-state index contributed by atoms with van der Waals surface area (Å²) in [4.78, 5) is 22.1. The quantitative estimate of drug-likeness (QED) is 0.624. The van der Waals surface area contributed by atoms with Gasteiger partial charge >= 0.3 is 12.1 Å². The summed E-state index contributed by atoms with van der Waals surface area (Å²) in [6.45, 7) is 6.43. The van der Waals surface area contributed by atoms with Crippen LogP contribution in [-0.4, -0.2) is 30.8 Å². The van der Waals surface area contributed by atoms with E-state index < -0.39 is 17.7 Å². The first-order chi connectivity index (χ1) is 9.76. The van der Waals surface area contributed by atoms with Crippen molar-refractivity contribution in [2.75, 3.05) is 23.7 Å². The maximum atomic E-state index is 11.4. The Kier molecular flexibility index (Phi) is 5.83. The summed E-state index contributed by atoms with van der Waals surface area (Å²) in [7, 11) is 0. The van der Waals surface area contributed by atoms with Crippen molar-refractivity contribution in [1.29, 1.82) is 0 Å². The lowest BCUT2D eigenvalue weighted by molar-refractivity contribution is 0.0530. The number of rotatable bonds is 5. The highest BCUT2D eigenvalue weighted by Crippen LogP contribution is 2.12. The summed E-state index contributed by atoms with van der Waals surface area (Å²) >= 11 is 0. The second kappa shape index (κ2) is 7.37. The Balaban J connectivity index is 2.27. The van der Waals surface area contributed by atoms with E-state index in [1.54, 1.807) is 24.3 Å². The molecule has 0 radical (unpaired) electrons. The summed E-state index contributed by atoms with van der Waals surface area (Å²) in [5, 5.41) is 8.25. The molecule has 0 fully saturated rings. The second-order valence-electron chi connectivity index (χ2n) is 5.42. The van der Waals surface area contributed by atoms with E-state index in [1.807, 2.05) is 20.8 Å². The number of carbonyl (C=O) groups is 2. The van der Waals surface area contributed by atoms with Crippen LogP contribution in [0.2, 0.25) is 0 Å². The fourth-order valence-corrected chi connectivity index (χ4v) is 1.50. The molecule has 21 heavy (non-hydrogen) atoms. The molecular weight excluding hydrogens is 272 g/mol. The van der Waals surface area contributed by atoms with Crippen LogP contribution in [0.3, 0.4) is 0 Å². The molecule has 0 aliphatic rings. The number of carbonyl (C=O) groups excluding carboxylic acids is 2. The van der Waals surface area contributed by atoms with Crippen LogP contribution in [0.1, 0.15) is 20.8 Å². The molecule has 0 atom stereocenters. The standard InChI is InChI=1S/C14H22N4O3/c1-14(2,3)21-13(20)17-9-8-16-10-4-6-11(7-5-10)18-12(15)19/h4-7,16H,8-9H2,1-3H3,(H,17,20)(H3,15,18,19). The van der Waals surface area contributed by atoms with E-state index in [9.17, 15) is 9.59 Å². The Labute approximate surface area is 124 Å². The van der Waals surface area contributed by atoms with E-state index >= 15 is 0 Å². The zero-order valence-electron chi connectivity index (χ0n) is 12.5. The Morgan fingerprint density at radius 2 is 1.67 bits per heavy atom. The number of hydrogen-bond acceptors (Lipinski definition) is 4. The SMILES string of the molecule is CC(C)(C)OC(=O)NCCNc1ccc(NC(N)=O)cc1. The van der Waals surface area contributed by atoms with Crippen LogP contribution in [-0.2, 0) is 4.74 Å². The summed E-state index contributed by atoms with van der Waals surface area (Å²) in [6.07, 6.45) is -0.440. The van der Waals surface area contributed by atoms with E-state index in [-0.39, 0.29) is 0 Å². The molecule has 0 heterocycles. The van der Waals surface area contributed by atoms with Gasteiger partial charge < -0.3 is 26.4 Å². The lowest BCUT2D eigenvalue weighted by Crippen LogP contribution is -2.34. The average Bonchev–Trinajstić information content (AvgIpc) is 2.34. The van der Waals surface area contributed by atoms with Gasteiger partial charge in [0.2, 0.25) is 0 Å². The molecule has 0 aliphatic carbocycles. The Morgan fingerprint density at radius 1 is 1.10 bits per heavy atom. The zero-order valence-corrected chi connectivity index (χ0v) is 12.5. The molecule has 7 nitrogen and oxygen atoms in total. The number of urea groups is 1. The van der Waals surface area contributed by atoms with Gasteiger partial charge in [-0.25, -0.2) is 9.59 Å². The maximum absolute atomic E-state index is 11.4. The fourth-order valence-electron chi connectivity index (χ4n) is 1.50. The molecule has 116 valence electrons. The number of anilines is 2. The van der Waals surface area contributed by atoms with E-state index in [2.05, 4.69) is 16.0 Å². The predicted octanol–water partition coefficient (Wildman–Crippen LogP) is 2.11. The van der Waals surface area contributed by atoms with Crippen LogP contribution in [0.15, 0.2) is 24.3 Å². The van der Waals surface area contributed by atoms with E-state index in [0.717, 1.165) is 5.69 Å². The normalized spacial score (nSPS) is 10.6. The van der Waals surface area contributed by atoms with Gasteiger partial charge in [-0.2, -0.15) is 0 Å². The van der Waals surface area contributed by atoms with Gasteiger partial charge in [0.05, 0.1) is 0 Å². The minimum Gasteiger partial charge on any atom is -0.444 e. The summed E-state index contributed by atoms with van der Waals surface area (Å²) < 4.78 is 5.11. The molecule has 0 aromatic heterocycles. The molecule has 3 amide bonds. The number of nitrogens with one attached hydrogen (secondary N) is 3. The first-order valence-electron chi connectivity index (χ1n) is 6.63. The molecule has 1 rings (SSSR count). The molecular formula is C14H22N4O3. The molecule has 0 saturated heterocycles. The first-order valence-corrected chi connectivity index (χ1v) is 6.63. The Bertz CT molecular complexity index is 480. The number of primary amides is 1. The number of benzene rings is 1. The van der Waals surface area contributed by atoms with Crippen molar-refractivity contribution in [3.05, 3.63) is 24.3 Å². The van der Waals surface area contributed by atoms with Crippen LogP contribution >= 0.6 is 0 Å². The summed E-state index contributed by atoms with van der Waals surface area (Å²) in [6, 6.07) is 6.47. The molecule has 0 spiro atoms. The number of amides is 3. The third-order valence-corrected chi connectivity index (χ3v) is 2.27. The average molecular weight is 294 g/mol. The van der Waals surface area contributed by atoms with Crippen molar-refractivity contribution in [1.82, 2.24) is 5.32 Å². The van der Waals surface area contributed by atoms with Gasteiger partial charge in [-0.1, -0.05) is 0 Å². The molecule has 5 N–H and O–H groups in total. The fraction of sp³-hybridized carbons (Fsp3) is 0.429. The minimum atomic E-state index is -0.600. The van der Waals surface area contributed by atoms with E-state index in [0.29, 0.717) is 18.8 Å². The monoisotopic (exact) mass is 294 g/mol. The highest BCUT2D eigenvalue weighted by Gasteiger charge is 2.15. The number of nitrogens with two attached hydrogens (primary N) is 1. The highest BCUT2D eigenvalue weighted by molar-refractivity contribution is 5.87. The topological polar surface area (TPSA) is 105 Å². The van der Waals surface area contributed by atoms with Crippen molar-refractivity contribution in [2.24, 2.45) is 5.73 Å². The van der Waals surface area contributed by atoms with Gasteiger partial charge in [0.1, 0.15) is 5.60 Å². The molecule has 0 aliphatic heterocycles. The molecule has 0 bridgehead atoms. The maximum Gasteiger partial charge on any atom is 0.407 e. The minimum absolute atomic E-state index is 0.440. The van der Waals surface area contributed by atoms with Crippen molar-refractivity contribution in [2.45, 2.75) is 26.4 Å². The van der Waals surface area contributed by atoms with Gasteiger partial charge in [-0.05, 0) is 45.0 Å². The van der Waals surface area contributed by atoms with Gasteiger partial charge in [-0.3, -0.25) is 0 Å². The molecule has 7 heteroatoms. The third kappa shape index (κ3) is 7.66. The second-order valence-corrected chi connectivity index (χ2v) is 5.42. The largest absolute Gasteiger partial charge is 0.444 e. The Hall–Kier alpha value is -2.44. The van der Waals surface area contributed by atoms with E-state index in [4.69, 9.17) is 10.5 Å². The zero-order chi connectivity index (χ0) is 15.9. The van der Waals surface area contributed by atoms with Crippen molar-refractivity contribution in [3.8, 4) is 0 Å². The highest BCUT2D eigenvalue weighted by atomic mass is 16.6. The Morgan fingerprint density at radius 3 is 2.19 bits per heavy atom. The summed E-state index contributed by atoms with van der Waals surface area (Å²) in [5.74, 6) is 0. The first kappa shape index (κ1) is 16.6. The van der Waals surface area contributed by atoms with Gasteiger partial charge in [0.25, 0.3) is 0 Å². The van der Waals surface area contributed by atoms with Crippen LogP contribution in [0.5, 0.6) is 0 Å². The number of alkyl carbamates (subject to hydrolysis) is 1. The van der Waals surface area contributed by atoms with Gasteiger partial charge in [0, 0.05) is 24.5 Å². The number of ether oxygens (including phenoxy) is 1. The van der Waals surface area contributed by atoms with Gasteiger partial charge in [-0.15, -0.1) is 0 Å². The summed E-state index contributed by atoms with van der Waals surface area (Å²) in [5.41, 5.74) is 6.01. The molecule has 1 aromatic carbocycles. The van der Waals surface area contributed by atoms with Crippen molar-refractivity contribution >= 4 is 23.5 Å². The lowest BCUT2D eigenvalue weighted by Gasteiger charge is -2.19. The van der Waals surface area contributed by atoms with Crippen LogP contribution in [0, 0.1) is 0 Å². The smallest absolute Gasteiger partial charge is 0.407 e. The van der Waals surface area contributed by atoms with Crippen LogP contribution < -0.4 is 21.7 Å². The van der Waals surface area contributed by atoms with Crippen molar-refractivity contribution < 1.29 is 14.3 Å². The van der Waals surface area contributed by atoms with Crippen LogP contribution in [0.25, 0.3) is 0 Å². The van der Waals surface area contributed by atoms with Crippen molar-refractivity contribution in [3.63, 3.8) is 0 Å². The third-order valence-electron chi connectivity index (χ3n) is 2.27. The molecule has 0 saturated carbocycles. The predicted molar refractivity (Wildman–Crippen MR) is 82.4 cm³/mol. The molecule has 1 aromatic rings. The van der Waals surface area contributed by atoms with E-state index in [1.165, 1.54) is 0 Å².